The van der Waals surface area contributed by atoms with Crippen molar-refractivity contribution in [1.82, 2.24) is 19.9 Å². The lowest BCUT2D eigenvalue weighted by Gasteiger charge is -2.32. The highest BCUT2D eigenvalue weighted by atomic mass is 19.1. The van der Waals surface area contributed by atoms with Crippen molar-refractivity contribution in [2.75, 3.05) is 18.4 Å². The second-order valence-corrected chi connectivity index (χ2v) is 8.24. The lowest BCUT2D eigenvalue weighted by molar-refractivity contribution is -0.115. The summed E-state index contributed by atoms with van der Waals surface area (Å²) < 4.78 is 13.8. The van der Waals surface area contributed by atoms with Gasteiger partial charge in [0, 0.05) is 42.2 Å². The van der Waals surface area contributed by atoms with Crippen molar-refractivity contribution in [3.8, 4) is 0 Å². The highest BCUT2D eigenvalue weighted by molar-refractivity contribution is 5.93. The first-order chi connectivity index (χ1) is 15.9. The fourth-order valence-electron chi connectivity index (χ4n) is 4.14. The molecular weight excluding hydrogens is 421 g/mol. The van der Waals surface area contributed by atoms with Crippen molar-refractivity contribution in [1.29, 1.82) is 0 Å². The van der Waals surface area contributed by atoms with E-state index < -0.39 is 5.82 Å². The second-order valence-electron chi connectivity index (χ2n) is 8.24. The Balaban J connectivity index is 1.47. The Hall–Kier alpha value is -3.68. The van der Waals surface area contributed by atoms with Gasteiger partial charge in [0.25, 0.3) is 5.91 Å². The van der Waals surface area contributed by atoms with Gasteiger partial charge in [-0.3, -0.25) is 14.6 Å². The number of halogens is 1. The number of amides is 2. The maximum atomic E-state index is 13.8. The molecule has 8 heteroatoms. The maximum Gasteiger partial charge on any atom is 0.272 e. The molecule has 0 unspecified atom stereocenters. The molecular formula is C25H26FN5O2. The minimum atomic E-state index is -0.479. The zero-order chi connectivity index (χ0) is 23.4. The zero-order valence-corrected chi connectivity index (χ0v) is 18.7. The summed E-state index contributed by atoms with van der Waals surface area (Å²) in [7, 11) is 0. The number of nitrogens with one attached hydrogen (secondary N) is 1. The number of pyridine rings is 1. The van der Waals surface area contributed by atoms with Crippen LogP contribution in [0.15, 0.2) is 48.7 Å². The van der Waals surface area contributed by atoms with E-state index in [1.54, 1.807) is 41.4 Å². The van der Waals surface area contributed by atoms with Gasteiger partial charge in [-0.25, -0.2) is 14.4 Å². The van der Waals surface area contributed by atoms with Gasteiger partial charge in [-0.2, -0.15) is 0 Å². The normalized spacial score (nSPS) is 15.8. The van der Waals surface area contributed by atoms with E-state index in [1.165, 1.54) is 12.1 Å². The highest BCUT2D eigenvalue weighted by Gasteiger charge is 2.28. The van der Waals surface area contributed by atoms with Gasteiger partial charge in [0.05, 0.1) is 12.1 Å². The quantitative estimate of drug-likeness (QED) is 0.642. The Kier molecular flexibility index (Phi) is 6.72. The predicted octanol–water partition coefficient (Wildman–Crippen LogP) is 3.83. The molecule has 2 amide bonds. The number of anilines is 1. The first kappa shape index (κ1) is 22.5. The molecule has 0 saturated carbocycles. The lowest BCUT2D eigenvalue weighted by atomic mass is 9.96. The molecule has 4 rings (SSSR count). The molecule has 1 aliphatic heterocycles. The molecule has 1 aliphatic rings. The molecule has 0 bridgehead atoms. The van der Waals surface area contributed by atoms with Gasteiger partial charge in [-0.05, 0) is 51.0 Å². The summed E-state index contributed by atoms with van der Waals surface area (Å²) in [6.45, 7) is 4.91. The van der Waals surface area contributed by atoms with Crippen LogP contribution in [-0.4, -0.2) is 44.8 Å². The fourth-order valence-corrected chi connectivity index (χ4v) is 4.14. The van der Waals surface area contributed by atoms with E-state index in [0.29, 0.717) is 36.0 Å². The van der Waals surface area contributed by atoms with Gasteiger partial charge in [-0.15, -0.1) is 0 Å². The average molecular weight is 448 g/mol. The number of nitrogens with zero attached hydrogens (tertiary/aromatic N) is 4. The molecule has 1 N–H and O–H groups in total. The highest BCUT2D eigenvalue weighted by Crippen LogP contribution is 2.27. The van der Waals surface area contributed by atoms with Gasteiger partial charge in [0.1, 0.15) is 17.3 Å². The summed E-state index contributed by atoms with van der Waals surface area (Å²) in [6.07, 6.45) is 3.42. The van der Waals surface area contributed by atoms with Crippen LogP contribution < -0.4 is 5.32 Å². The van der Waals surface area contributed by atoms with E-state index in [2.05, 4.69) is 20.3 Å². The summed E-state index contributed by atoms with van der Waals surface area (Å²) in [5.41, 5.74) is 2.74. The summed E-state index contributed by atoms with van der Waals surface area (Å²) in [5, 5.41) is 2.61. The van der Waals surface area contributed by atoms with E-state index in [9.17, 15) is 14.0 Å². The van der Waals surface area contributed by atoms with Gasteiger partial charge in [-0.1, -0.05) is 18.2 Å². The summed E-state index contributed by atoms with van der Waals surface area (Å²) >= 11 is 0. The van der Waals surface area contributed by atoms with Gasteiger partial charge >= 0.3 is 0 Å². The monoisotopic (exact) mass is 447 g/mol. The van der Waals surface area contributed by atoms with Crippen LogP contribution in [0.5, 0.6) is 0 Å². The molecule has 0 spiro atoms. The lowest BCUT2D eigenvalue weighted by Crippen LogP contribution is -2.40. The minimum Gasteiger partial charge on any atom is -0.337 e. The smallest absolute Gasteiger partial charge is 0.272 e. The number of piperidine rings is 1. The third kappa shape index (κ3) is 5.22. The van der Waals surface area contributed by atoms with Crippen LogP contribution in [0, 0.1) is 19.7 Å². The van der Waals surface area contributed by atoms with Crippen LogP contribution in [0.1, 0.15) is 52.0 Å². The van der Waals surface area contributed by atoms with Gasteiger partial charge in [0.2, 0.25) is 5.91 Å². The first-order valence-electron chi connectivity index (χ1n) is 11.0. The standard InChI is InChI=1S/C25H26FN5O2/c1-16-19(14-23(32)30-21-10-4-3-9-20(21)26)17(2)29-24(28-16)18-8-7-13-31(15-18)25(33)22-11-5-6-12-27-22/h3-6,9-12,18H,7-8,13-15H2,1-2H3,(H,30,32)/t18-/m0/s1. The van der Waals surface area contributed by atoms with E-state index in [4.69, 9.17) is 0 Å². The van der Waals surface area contributed by atoms with Crippen molar-refractivity contribution < 1.29 is 14.0 Å². The number of carbonyl (C=O) groups is 2. The average Bonchev–Trinajstić information content (AvgIpc) is 2.83. The fraction of sp³-hybridized carbons (Fsp3) is 0.320. The van der Waals surface area contributed by atoms with E-state index in [1.807, 2.05) is 13.8 Å². The van der Waals surface area contributed by atoms with Crippen molar-refractivity contribution in [2.45, 2.75) is 39.0 Å². The molecule has 1 fully saturated rings. The molecule has 1 atom stereocenters. The molecule has 33 heavy (non-hydrogen) atoms. The summed E-state index contributed by atoms with van der Waals surface area (Å²) in [4.78, 5) is 40.6. The third-order valence-corrected chi connectivity index (χ3v) is 5.88. The topological polar surface area (TPSA) is 88.1 Å². The molecule has 3 aromatic rings. The van der Waals surface area contributed by atoms with Crippen molar-refractivity contribution in [3.05, 3.63) is 82.9 Å². The third-order valence-electron chi connectivity index (χ3n) is 5.88. The molecule has 0 radical (unpaired) electrons. The molecule has 3 heterocycles. The van der Waals surface area contributed by atoms with E-state index >= 15 is 0 Å². The van der Waals surface area contributed by atoms with Crippen LogP contribution in [-0.2, 0) is 11.2 Å². The van der Waals surface area contributed by atoms with Gasteiger partial charge < -0.3 is 10.2 Å². The first-order valence-corrected chi connectivity index (χ1v) is 11.0. The predicted molar refractivity (Wildman–Crippen MR) is 122 cm³/mol. The largest absolute Gasteiger partial charge is 0.337 e. The molecule has 0 aliphatic carbocycles. The van der Waals surface area contributed by atoms with Crippen molar-refractivity contribution in [2.24, 2.45) is 0 Å². The summed E-state index contributed by atoms with van der Waals surface area (Å²) in [5.74, 6) is -0.192. The zero-order valence-electron chi connectivity index (χ0n) is 18.7. The van der Waals surface area contributed by atoms with E-state index in [-0.39, 0.29) is 29.8 Å². The SMILES string of the molecule is Cc1nc([C@H]2CCCN(C(=O)c3ccccn3)C2)nc(C)c1CC(=O)Nc1ccccc1F. The van der Waals surface area contributed by atoms with Crippen LogP contribution in [0.3, 0.4) is 0 Å². The van der Waals surface area contributed by atoms with Crippen LogP contribution in [0.2, 0.25) is 0 Å². The summed E-state index contributed by atoms with van der Waals surface area (Å²) in [6, 6.07) is 11.4. The second kappa shape index (κ2) is 9.85. The molecule has 7 nitrogen and oxygen atoms in total. The van der Waals surface area contributed by atoms with Crippen molar-refractivity contribution in [3.63, 3.8) is 0 Å². The Morgan fingerprint density at radius 3 is 2.52 bits per heavy atom. The molecule has 2 aromatic heterocycles. The number of hydrogen-bond acceptors (Lipinski definition) is 5. The number of likely N-dealkylation sites (tertiary alicyclic amines) is 1. The molecule has 1 saturated heterocycles. The van der Waals surface area contributed by atoms with Crippen LogP contribution >= 0.6 is 0 Å². The number of para-hydroxylation sites is 1. The molecule has 170 valence electrons. The number of aromatic nitrogens is 3. The Morgan fingerprint density at radius 1 is 1.09 bits per heavy atom. The number of benzene rings is 1. The Morgan fingerprint density at radius 2 is 1.82 bits per heavy atom. The minimum absolute atomic E-state index is 0.0186. The number of aryl methyl sites for hydroxylation is 2. The maximum absolute atomic E-state index is 13.8. The number of carbonyl (C=O) groups excluding carboxylic acids is 2. The van der Waals surface area contributed by atoms with E-state index in [0.717, 1.165) is 18.4 Å². The van der Waals surface area contributed by atoms with Gasteiger partial charge in [0.15, 0.2) is 0 Å². The van der Waals surface area contributed by atoms with Crippen LogP contribution in [0.4, 0.5) is 10.1 Å². The number of hydrogen-bond donors (Lipinski definition) is 1. The Bertz CT molecular complexity index is 1150. The molecule has 1 aromatic carbocycles. The Labute approximate surface area is 192 Å². The number of rotatable bonds is 5. The van der Waals surface area contributed by atoms with Crippen molar-refractivity contribution >= 4 is 17.5 Å². The van der Waals surface area contributed by atoms with Crippen LogP contribution in [0.25, 0.3) is 0 Å².